The molecule has 0 bridgehead atoms. The molecule has 0 amide bonds. The fraction of sp³-hybridized carbons (Fsp3) is 0.333. The second-order valence-corrected chi connectivity index (χ2v) is 5.95. The van der Waals surface area contributed by atoms with Gasteiger partial charge in [-0.05, 0) is 13.2 Å². The summed E-state index contributed by atoms with van der Waals surface area (Å²) in [6.45, 7) is 2.18. The molecule has 1 unspecified atom stereocenters. The van der Waals surface area contributed by atoms with E-state index in [9.17, 15) is 0 Å². The fourth-order valence-corrected chi connectivity index (χ4v) is 2.77. The summed E-state index contributed by atoms with van der Waals surface area (Å²) in [5.41, 5.74) is 0.974. The predicted octanol–water partition coefficient (Wildman–Crippen LogP) is 3.98. The Kier molecular flexibility index (Phi) is 5.26. The lowest BCUT2D eigenvalue weighted by atomic mass is 10.2. The van der Waals surface area contributed by atoms with Gasteiger partial charge in [-0.15, -0.1) is 0 Å². The Labute approximate surface area is 129 Å². The van der Waals surface area contributed by atoms with Crippen molar-refractivity contribution in [1.82, 2.24) is 9.97 Å². The fourth-order valence-electron chi connectivity index (χ4n) is 1.88. The van der Waals surface area contributed by atoms with E-state index in [1.165, 1.54) is 0 Å². The number of hydrogen-bond acceptors (Lipinski definition) is 4. The Bertz CT molecular complexity index is 562. The van der Waals surface area contributed by atoms with Crippen molar-refractivity contribution in [3.63, 3.8) is 0 Å². The zero-order chi connectivity index (χ0) is 14.5. The van der Waals surface area contributed by atoms with E-state index in [2.05, 4.69) is 28.0 Å². The van der Waals surface area contributed by atoms with Gasteiger partial charge >= 0.3 is 0 Å². The summed E-state index contributed by atoms with van der Waals surface area (Å²) >= 11 is 7.96. The summed E-state index contributed by atoms with van der Waals surface area (Å²) in [5.74, 6) is 2.56. The molecule has 1 aromatic heterocycles. The van der Waals surface area contributed by atoms with E-state index in [-0.39, 0.29) is 0 Å². The largest absolute Gasteiger partial charge is 0.356 e. The summed E-state index contributed by atoms with van der Waals surface area (Å²) in [7, 11) is 2.04. The maximum atomic E-state index is 6.14. The third kappa shape index (κ3) is 3.64. The Morgan fingerprint density at radius 3 is 2.60 bits per heavy atom. The predicted molar refractivity (Wildman–Crippen MR) is 88.7 cm³/mol. The van der Waals surface area contributed by atoms with Crippen LogP contribution in [0.15, 0.2) is 36.4 Å². The molecule has 0 aliphatic rings. The van der Waals surface area contributed by atoms with E-state index in [0.717, 1.165) is 17.1 Å². The first-order valence-electron chi connectivity index (χ1n) is 6.43. The Morgan fingerprint density at radius 2 is 1.95 bits per heavy atom. The van der Waals surface area contributed by atoms with E-state index >= 15 is 0 Å². The molecule has 20 heavy (non-hydrogen) atoms. The minimum absolute atomic E-state index is 0.389. The number of anilines is 1. The Morgan fingerprint density at radius 1 is 1.25 bits per heavy atom. The van der Waals surface area contributed by atoms with Gasteiger partial charge in [0.25, 0.3) is 0 Å². The first-order chi connectivity index (χ1) is 9.61. The van der Waals surface area contributed by atoms with Crippen LogP contribution in [-0.4, -0.2) is 35.1 Å². The van der Waals surface area contributed by atoms with Gasteiger partial charge in [0.05, 0.1) is 0 Å². The molecule has 1 heterocycles. The van der Waals surface area contributed by atoms with Crippen molar-refractivity contribution in [2.24, 2.45) is 0 Å². The summed E-state index contributed by atoms with van der Waals surface area (Å²) in [5, 5.41) is 0.469. The van der Waals surface area contributed by atoms with E-state index < -0.39 is 0 Å². The van der Waals surface area contributed by atoms with Gasteiger partial charge in [0.15, 0.2) is 5.82 Å². The van der Waals surface area contributed by atoms with Gasteiger partial charge in [0, 0.05) is 30.5 Å². The van der Waals surface area contributed by atoms with Gasteiger partial charge in [0.2, 0.25) is 0 Å². The lowest BCUT2D eigenvalue weighted by Gasteiger charge is -2.25. The number of rotatable bonds is 5. The maximum absolute atomic E-state index is 6.14. The van der Waals surface area contributed by atoms with Crippen LogP contribution in [0.4, 0.5) is 5.82 Å². The normalized spacial score (nSPS) is 12.2. The molecule has 5 heteroatoms. The van der Waals surface area contributed by atoms with Crippen LogP contribution >= 0.6 is 23.4 Å². The van der Waals surface area contributed by atoms with Crippen molar-refractivity contribution < 1.29 is 0 Å². The van der Waals surface area contributed by atoms with Gasteiger partial charge < -0.3 is 4.90 Å². The minimum atomic E-state index is 0.389. The van der Waals surface area contributed by atoms with Crippen LogP contribution in [0, 0.1) is 0 Å². The minimum Gasteiger partial charge on any atom is -0.356 e. The molecule has 0 aliphatic carbocycles. The van der Waals surface area contributed by atoms with Gasteiger partial charge in [-0.25, -0.2) is 9.97 Å². The second-order valence-electron chi connectivity index (χ2n) is 4.65. The van der Waals surface area contributed by atoms with Gasteiger partial charge in [-0.2, -0.15) is 11.8 Å². The smallest absolute Gasteiger partial charge is 0.163 e. The highest BCUT2D eigenvalue weighted by atomic mass is 35.5. The third-order valence-electron chi connectivity index (χ3n) is 3.14. The highest BCUT2D eigenvalue weighted by Gasteiger charge is 2.13. The van der Waals surface area contributed by atoms with Crippen LogP contribution in [0.5, 0.6) is 0 Å². The summed E-state index contributed by atoms with van der Waals surface area (Å²) < 4.78 is 0. The zero-order valence-electron chi connectivity index (χ0n) is 11.9. The van der Waals surface area contributed by atoms with Crippen molar-refractivity contribution >= 4 is 29.2 Å². The van der Waals surface area contributed by atoms with Crippen molar-refractivity contribution in [1.29, 1.82) is 0 Å². The number of thioether (sulfide) groups is 1. The number of hydrogen-bond donors (Lipinski definition) is 0. The lowest BCUT2D eigenvalue weighted by Crippen LogP contribution is -2.31. The summed E-state index contributed by atoms with van der Waals surface area (Å²) in [6, 6.07) is 12.1. The molecule has 2 aromatic rings. The van der Waals surface area contributed by atoms with E-state index in [1.807, 2.05) is 55.2 Å². The molecule has 106 valence electrons. The average molecular weight is 308 g/mol. The molecule has 2 rings (SSSR count). The number of nitrogens with zero attached hydrogens (tertiary/aromatic N) is 3. The molecule has 0 spiro atoms. The Hall–Kier alpha value is -1.26. The second kappa shape index (κ2) is 6.95. The highest BCUT2D eigenvalue weighted by Crippen LogP contribution is 2.23. The molecular weight excluding hydrogens is 290 g/mol. The maximum Gasteiger partial charge on any atom is 0.163 e. The standard InChI is InChI=1S/C15H18ClN3S/c1-11(10-20-3)19(2)14-9-13(16)17-15(18-14)12-7-5-4-6-8-12/h4-9,11H,10H2,1-3H3. The van der Waals surface area contributed by atoms with Gasteiger partial charge in [0.1, 0.15) is 11.0 Å². The molecule has 0 N–H and O–H groups in total. The molecule has 0 fully saturated rings. The van der Waals surface area contributed by atoms with Crippen molar-refractivity contribution in [2.45, 2.75) is 13.0 Å². The molecule has 1 aromatic carbocycles. The summed E-state index contributed by atoms with van der Waals surface area (Å²) in [6.07, 6.45) is 2.10. The van der Waals surface area contributed by atoms with Crippen LogP contribution in [0.25, 0.3) is 11.4 Å². The zero-order valence-corrected chi connectivity index (χ0v) is 13.4. The van der Waals surface area contributed by atoms with Gasteiger partial charge in [-0.3, -0.25) is 0 Å². The molecule has 1 atom stereocenters. The monoisotopic (exact) mass is 307 g/mol. The van der Waals surface area contributed by atoms with Crippen molar-refractivity contribution in [2.75, 3.05) is 24.0 Å². The topological polar surface area (TPSA) is 29.0 Å². The van der Waals surface area contributed by atoms with Crippen LogP contribution < -0.4 is 4.90 Å². The van der Waals surface area contributed by atoms with E-state index in [0.29, 0.717) is 17.0 Å². The van der Waals surface area contributed by atoms with E-state index in [4.69, 9.17) is 11.6 Å². The molecule has 0 saturated carbocycles. The highest BCUT2D eigenvalue weighted by molar-refractivity contribution is 7.98. The first-order valence-corrected chi connectivity index (χ1v) is 8.20. The molecule has 0 aliphatic heterocycles. The molecular formula is C15H18ClN3S. The van der Waals surface area contributed by atoms with Crippen molar-refractivity contribution in [3.8, 4) is 11.4 Å². The molecule has 0 radical (unpaired) electrons. The molecule has 3 nitrogen and oxygen atoms in total. The SMILES string of the molecule is CSCC(C)N(C)c1cc(Cl)nc(-c2ccccc2)n1. The number of halogens is 1. The first kappa shape index (κ1) is 15.1. The summed E-state index contributed by atoms with van der Waals surface area (Å²) in [4.78, 5) is 11.1. The van der Waals surface area contributed by atoms with Crippen LogP contribution in [0.3, 0.4) is 0 Å². The Balaban J connectivity index is 2.34. The number of benzene rings is 1. The molecule has 0 saturated heterocycles. The van der Waals surface area contributed by atoms with Crippen molar-refractivity contribution in [3.05, 3.63) is 41.6 Å². The van der Waals surface area contributed by atoms with E-state index in [1.54, 1.807) is 0 Å². The third-order valence-corrected chi connectivity index (χ3v) is 4.15. The van der Waals surface area contributed by atoms with Crippen LogP contribution in [-0.2, 0) is 0 Å². The van der Waals surface area contributed by atoms with Crippen LogP contribution in [0.2, 0.25) is 5.15 Å². The number of aromatic nitrogens is 2. The lowest BCUT2D eigenvalue weighted by molar-refractivity contribution is 0.752. The quantitative estimate of drug-likeness (QED) is 0.781. The average Bonchev–Trinajstić information content (AvgIpc) is 2.47. The van der Waals surface area contributed by atoms with Crippen LogP contribution in [0.1, 0.15) is 6.92 Å². The van der Waals surface area contributed by atoms with Gasteiger partial charge in [-0.1, -0.05) is 41.9 Å².